The fourth-order valence-corrected chi connectivity index (χ4v) is 9.19. The summed E-state index contributed by atoms with van der Waals surface area (Å²) in [5.41, 5.74) is 41.3. The molecule has 1 aliphatic heterocycles. The summed E-state index contributed by atoms with van der Waals surface area (Å²) in [4.78, 5) is 141. The number of ketones is 3. The van der Waals surface area contributed by atoms with Crippen LogP contribution in [0, 0.1) is 11.8 Å². The molecule has 6 amide bonds. The molecule has 0 radical (unpaired) electrons. The number of benzene rings is 2. The van der Waals surface area contributed by atoms with E-state index in [1.807, 2.05) is 24.3 Å². The molecule has 1 aliphatic rings. The molecule has 424 valence electrons. The van der Waals surface area contributed by atoms with E-state index in [4.69, 9.17) is 40.1 Å². The molecule has 25 heteroatoms. The van der Waals surface area contributed by atoms with Gasteiger partial charge in [-0.1, -0.05) is 55.0 Å². The van der Waals surface area contributed by atoms with Crippen molar-refractivity contribution in [2.45, 2.75) is 140 Å². The number of rotatable bonds is 20. The minimum atomic E-state index is -1.44. The number of amides is 6. The minimum Gasteiger partial charge on any atom is -0.370 e. The molecule has 3 aromatic rings. The smallest absolute Gasteiger partial charge is 0.243 e. The van der Waals surface area contributed by atoms with Crippen LogP contribution < -0.4 is 66.7 Å². The number of fused-ring (bicyclic) bond motifs is 1. The van der Waals surface area contributed by atoms with Gasteiger partial charge in [0.2, 0.25) is 35.4 Å². The Morgan fingerprint density at radius 3 is 1.91 bits per heavy atom. The number of nitrogens with one attached hydrogen (secondary N) is 6. The summed E-state index contributed by atoms with van der Waals surface area (Å²) in [6.07, 6.45) is 1.84. The fourth-order valence-electron chi connectivity index (χ4n) is 9.19. The molecule has 20 N–H and O–H groups in total. The molecule has 2 heterocycles. The quantitative estimate of drug-likeness (QED) is 0.0371. The Bertz CT molecular complexity index is 2630. The van der Waals surface area contributed by atoms with Crippen LogP contribution in [-0.4, -0.2) is 125 Å². The van der Waals surface area contributed by atoms with Crippen molar-refractivity contribution in [3.05, 3.63) is 71.9 Å². The van der Waals surface area contributed by atoms with Crippen LogP contribution in [-0.2, 0) is 56.0 Å². The van der Waals surface area contributed by atoms with Gasteiger partial charge < -0.3 is 71.7 Å². The normalized spacial score (nSPS) is 20.9. The molecule has 0 unspecified atom stereocenters. The van der Waals surface area contributed by atoms with E-state index in [1.54, 1.807) is 36.5 Å². The largest absolute Gasteiger partial charge is 0.370 e. The molecule has 25 nitrogen and oxygen atoms in total. The highest BCUT2D eigenvalue weighted by molar-refractivity contribution is 5.98. The Morgan fingerprint density at radius 1 is 0.641 bits per heavy atom. The lowest BCUT2D eigenvalue weighted by Gasteiger charge is -2.27. The van der Waals surface area contributed by atoms with E-state index in [0.717, 1.165) is 16.5 Å². The number of para-hydroxylation sites is 1. The number of H-pyrrole nitrogens is 1. The highest BCUT2D eigenvalue weighted by atomic mass is 16.2. The van der Waals surface area contributed by atoms with Gasteiger partial charge in [0.05, 0.1) is 6.04 Å². The van der Waals surface area contributed by atoms with Gasteiger partial charge in [-0.3, -0.25) is 58.1 Å². The molecule has 0 spiro atoms. The number of carbonyl (C=O) groups is 9. The number of carbonyl (C=O) groups excluding carboxylic acids is 9. The first kappa shape index (κ1) is 62.2. The molecular weight excluding hydrogens is 1000 g/mol. The van der Waals surface area contributed by atoms with E-state index in [9.17, 15) is 43.2 Å². The maximum absolute atomic E-state index is 14.9. The highest BCUT2D eigenvalue weighted by Gasteiger charge is 2.35. The summed E-state index contributed by atoms with van der Waals surface area (Å²) in [6, 6.07) is 9.79. The molecule has 2 aromatic carbocycles. The number of Topliss-reactive ketones (excluding diaryl/α,β-unsaturated/α-hetero) is 3. The first-order valence-electron chi connectivity index (χ1n) is 26.3. The zero-order valence-corrected chi connectivity index (χ0v) is 44.3. The van der Waals surface area contributed by atoms with E-state index < -0.39 is 95.5 Å². The number of hydrogen-bond donors (Lipinski definition) is 13. The van der Waals surface area contributed by atoms with Crippen molar-refractivity contribution >= 4 is 81.6 Å². The third kappa shape index (κ3) is 22.1. The second-order valence-electron chi connectivity index (χ2n) is 19.6. The van der Waals surface area contributed by atoms with Gasteiger partial charge in [0.15, 0.2) is 23.7 Å². The van der Waals surface area contributed by atoms with Crippen molar-refractivity contribution in [1.82, 2.24) is 31.6 Å². The van der Waals surface area contributed by atoms with E-state index in [-0.39, 0.29) is 140 Å². The number of guanidine groups is 3. The molecule has 0 bridgehead atoms. The zero-order valence-electron chi connectivity index (χ0n) is 44.3. The molecule has 1 saturated heterocycles. The average Bonchev–Trinajstić information content (AvgIpc) is 3.80. The average molecular weight is 1080 g/mol. The predicted octanol–water partition coefficient (Wildman–Crippen LogP) is -0.883. The van der Waals surface area contributed by atoms with Crippen molar-refractivity contribution in [3.8, 4) is 0 Å². The molecule has 0 saturated carbocycles. The number of hydrogen-bond acceptors (Lipinski definition) is 12. The van der Waals surface area contributed by atoms with E-state index >= 15 is 0 Å². The lowest BCUT2D eigenvalue weighted by atomic mass is 9.83. The van der Waals surface area contributed by atoms with Gasteiger partial charge in [0.1, 0.15) is 35.7 Å². The summed E-state index contributed by atoms with van der Waals surface area (Å²) >= 11 is 0. The predicted molar refractivity (Wildman–Crippen MR) is 295 cm³/mol. The van der Waals surface area contributed by atoms with Gasteiger partial charge in [-0.05, 0) is 87.8 Å². The molecule has 4 rings (SSSR count). The summed E-state index contributed by atoms with van der Waals surface area (Å²) in [6.45, 7) is 1.50. The topological polar surface area (TPSA) is 449 Å². The monoisotopic (exact) mass is 1080 g/mol. The zero-order chi connectivity index (χ0) is 57.1. The SMILES string of the molecule is CC(=O)N[C@@H](CCCN=C(N)N)C(=O)N[C@H]1CCC(=O)CCCC[C@@H](C(N)=O)NC(=O)[C@H](Cc2c[nH]c3ccccc23)CC(=O)[C@H](CCCN=C(N)N)CC(=O)[C@@H](Cc2ccccc2)NC(=O)[C@H](CCCN=C(N)N)NC1=O. The second-order valence-corrected chi connectivity index (χ2v) is 19.6. The maximum atomic E-state index is 14.9. The summed E-state index contributed by atoms with van der Waals surface area (Å²) < 4.78 is 0. The Kier molecular flexibility index (Phi) is 25.7. The van der Waals surface area contributed by atoms with Crippen molar-refractivity contribution in [2.24, 2.45) is 66.9 Å². The number of nitrogens with two attached hydrogens (primary N) is 7. The Labute approximate surface area is 453 Å². The molecule has 0 aliphatic carbocycles. The number of nitrogens with zero attached hydrogens (tertiary/aromatic N) is 3. The number of aromatic nitrogens is 1. The minimum absolute atomic E-state index is 0.0179. The van der Waals surface area contributed by atoms with E-state index in [1.165, 1.54) is 6.92 Å². The maximum Gasteiger partial charge on any atom is 0.243 e. The van der Waals surface area contributed by atoms with Gasteiger partial charge in [0.25, 0.3) is 0 Å². The van der Waals surface area contributed by atoms with Crippen molar-refractivity contribution < 1.29 is 43.2 Å². The van der Waals surface area contributed by atoms with Crippen LogP contribution in [0.5, 0.6) is 0 Å². The van der Waals surface area contributed by atoms with Gasteiger partial charge in [-0.25, -0.2) is 0 Å². The standard InChI is InChI=1S/C53H78N16O9/c1-31(70)65-40(19-10-24-62-52(57)58)48(76)68-42-22-21-36(71)15-5-7-18-39(46(54)74)66-47(75)34(27-35-30-64-38-17-8-6-16-37(35)38)29-44(72)33(14-9-23-61-51(55)56)28-45(73)43(26-32-12-3-2-4-13-32)69-49(77)41(67-50(42)78)20-11-25-63-53(59)60/h2-4,6,8,12-13,16-17,30,33-34,39-43,64H,5,7,9-11,14-15,18-29H2,1H3,(H2,54,74)(H,65,70)(H,66,75)(H,67,78)(H,68,76)(H,69,77)(H4,55,56,61)(H4,57,58,62)(H4,59,60,63)/t33-,34-,39+,40+,41+,42+,43-/m1/s1. The third-order valence-electron chi connectivity index (χ3n) is 13.3. The van der Waals surface area contributed by atoms with Crippen molar-refractivity contribution in [3.63, 3.8) is 0 Å². The van der Waals surface area contributed by atoms with Crippen LogP contribution in [0.1, 0.15) is 108 Å². The van der Waals surface area contributed by atoms with Crippen molar-refractivity contribution in [1.29, 1.82) is 0 Å². The molecular formula is C53H78N16O9. The number of primary amides is 1. The van der Waals surface area contributed by atoms with Gasteiger partial charge >= 0.3 is 0 Å². The highest BCUT2D eigenvalue weighted by Crippen LogP contribution is 2.26. The Balaban J connectivity index is 1.80. The third-order valence-corrected chi connectivity index (χ3v) is 13.3. The van der Waals surface area contributed by atoms with Crippen LogP contribution in [0.3, 0.4) is 0 Å². The Hall–Kier alpha value is -8.38. The van der Waals surface area contributed by atoms with E-state index in [0.29, 0.717) is 5.56 Å². The second kappa shape index (κ2) is 32.3. The van der Waals surface area contributed by atoms with E-state index in [2.05, 4.69) is 46.5 Å². The molecule has 1 fully saturated rings. The number of aromatic amines is 1. The van der Waals surface area contributed by atoms with Crippen LogP contribution in [0.4, 0.5) is 0 Å². The van der Waals surface area contributed by atoms with Gasteiger partial charge in [-0.15, -0.1) is 0 Å². The van der Waals surface area contributed by atoms with Crippen molar-refractivity contribution in [2.75, 3.05) is 19.6 Å². The van der Waals surface area contributed by atoms with Gasteiger partial charge in [0, 0.05) is 81.2 Å². The summed E-state index contributed by atoms with van der Waals surface area (Å²) in [5.74, 6) is -8.36. The lowest BCUT2D eigenvalue weighted by molar-refractivity contribution is -0.135. The first-order chi connectivity index (χ1) is 37.2. The molecule has 78 heavy (non-hydrogen) atoms. The summed E-state index contributed by atoms with van der Waals surface area (Å²) in [5, 5.41) is 14.4. The fraction of sp³-hybridized carbons (Fsp3) is 0.509. The van der Waals surface area contributed by atoms with Crippen LogP contribution in [0.2, 0.25) is 0 Å². The molecule has 1 aromatic heterocycles. The lowest BCUT2D eigenvalue weighted by Crippen LogP contribution is -2.58. The first-order valence-corrected chi connectivity index (χ1v) is 26.3. The number of aliphatic imine (C=N–C) groups is 3. The molecule has 7 atom stereocenters. The van der Waals surface area contributed by atoms with Gasteiger partial charge in [-0.2, -0.15) is 0 Å². The van der Waals surface area contributed by atoms with Crippen LogP contribution in [0.15, 0.2) is 75.8 Å². The summed E-state index contributed by atoms with van der Waals surface area (Å²) in [7, 11) is 0. The Morgan fingerprint density at radius 2 is 1.26 bits per heavy atom. The van der Waals surface area contributed by atoms with Crippen LogP contribution >= 0.6 is 0 Å². The van der Waals surface area contributed by atoms with Crippen LogP contribution in [0.25, 0.3) is 10.9 Å².